The molecule has 1 aliphatic heterocycles. The lowest BCUT2D eigenvalue weighted by Gasteiger charge is -2.24. The predicted molar refractivity (Wildman–Crippen MR) is 81.6 cm³/mol. The van der Waals surface area contributed by atoms with Crippen molar-refractivity contribution in [2.24, 2.45) is 0 Å². The molecule has 0 spiro atoms. The molecule has 1 saturated heterocycles. The highest BCUT2D eigenvalue weighted by Crippen LogP contribution is 2.18. The largest absolute Gasteiger partial charge is 0.444 e. The van der Waals surface area contributed by atoms with Crippen molar-refractivity contribution in [1.82, 2.24) is 14.9 Å². The number of anilines is 1. The van der Waals surface area contributed by atoms with Crippen molar-refractivity contribution >= 4 is 23.6 Å². The van der Waals surface area contributed by atoms with E-state index < -0.39 is 5.60 Å². The van der Waals surface area contributed by atoms with Crippen LogP contribution in [0.1, 0.15) is 32.9 Å². The number of rotatable bonds is 2. The summed E-state index contributed by atoms with van der Waals surface area (Å²) in [6.07, 6.45) is 0.545. The molecule has 0 saturated carbocycles. The van der Waals surface area contributed by atoms with Crippen molar-refractivity contribution < 1.29 is 9.53 Å². The number of nitrogens with zero attached hydrogens (tertiary/aromatic N) is 3. The summed E-state index contributed by atoms with van der Waals surface area (Å²) in [5.74, 6) is 0.496. The molecule has 0 radical (unpaired) electrons. The third kappa shape index (κ3) is 4.74. The average Bonchev–Trinajstić information content (AvgIpc) is 2.73. The van der Waals surface area contributed by atoms with Gasteiger partial charge in [0.25, 0.3) is 0 Å². The Labute approximate surface area is 129 Å². The highest BCUT2D eigenvalue weighted by Gasteiger charge is 2.30. The van der Waals surface area contributed by atoms with Gasteiger partial charge in [0.15, 0.2) is 0 Å². The molecule has 1 aromatic heterocycles. The van der Waals surface area contributed by atoms with Gasteiger partial charge in [-0.2, -0.15) is 0 Å². The number of carbonyl (C=O) groups is 1. The number of ether oxygens (including phenoxy) is 1. The Kier molecular flexibility index (Phi) is 4.56. The fraction of sp³-hybridized carbons (Fsp3) is 0.643. The van der Waals surface area contributed by atoms with Crippen LogP contribution >= 0.6 is 11.6 Å². The third-order valence-corrected chi connectivity index (χ3v) is 3.19. The van der Waals surface area contributed by atoms with Crippen molar-refractivity contribution in [3.63, 3.8) is 0 Å². The van der Waals surface area contributed by atoms with E-state index in [1.165, 1.54) is 0 Å². The second-order valence-corrected chi connectivity index (χ2v) is 6.60. The molecular formula is C14H21ClN4O2. The fourth-order valence-corrected chi connectivity index (χ4v) is 2.39. The van der Waals surface area contributed by atoms with Gasteiger partial charge in [0.2, 0.25) is 5.95 Å². The highest BCUT2D eigenvalue weighted by atomic mass is 35.5. The standard InChI is InChI=1S/C14H21ClN4O2/c1-9-7-11(15)18-12(16-9)17-10-5-6-19(8-10)13(20)21-14(2,3)4/h7,10H,5-6,8H2,1-4H3,(H,16,17,18). The van der Waals surface area contributed by atoms with Gasteiger partial charge in [-0.15, -0.1) is 0 Å². The molecule has 1 fully saturated rings. The van der Waals surface area contributed by atoms with Gasteiger partial charge in [-0.1, -0.05) is 11.6 Å². The van der Waals surface area contributed by atoms with Gasteiger partial charge >= 0.3 is 6.09 Å². The van der Waals surface area contributed by atoms with Crippen LogP contribution in [0.3, 0.4) is 0 Å². The lowest BCUT2D eigenvalue weighted by Crippen LogP contribution is -2.36. The fourth-order valence-electron chi connectivity index (χ4n) is 2.15. The number of aryl methyl sites for hydroxylation is 1. The van der Waals surface area contributed by atoms with E-state index in [0.29, 0.717) is 24.2 Å². The maximum atomic E-state index is 12.0. The third-order valence-electron chi connectivity index (χ3n) is 3.00. The molecule has 1 amide bonds. The molecule has 7 heteroatoms. The van der Waals surface area contributed by atoms with Gasteiger partial charge in [0.1, 0.15) is 10.8 Å². The number of nitrogens with one attached hydrogen (secondary N) is 1. The highest BCUT2D eigenvalue weighted by molar-refractivity contribution is 6.29. The van der Waals surface area contributed by atoms with Crippen molar-refractivity contribution in [2.75, 3.05) is 18.4 Å². The molecule has 1 unspecified atom stereocenters. The maximum Gasteiger partial charge on any atom is 0.410 e. The summed E-state index contributed by atoms with van der Waals surface area (Å²) in [5, 5.41) is 3.62. The normalized spacial score (nSPS) is 18.7. The van der Waals surface area contributed by atoms with E-state index in [4.69, 9.17) is 16.3 Å². The summed E-state index contributed by atoms with van der Waals surface area (Å²) in [4.78, 5) is 22.1. The van der Waals surface area contributed by atoms with Crippen LogP contribution in [0.5, 0.6) is 0 Å². The molecule has 1 aliphatic rings. The van der Waals surface area contributed by atoms with Gasteiger partial charge in [-0.3, -0.25) is 0 Å². The first kappa shape index (κ1) is 15.8. The van der Waals surface area contributed by atoms with Crippen LogP contribution in [-0.4, -0.2) is 45.7 Å². The molecule has 0 bridgehead atoms. The number of amides is 1. The molecule has 116 valence electrons. The zero-order valence-electron chi connectivity index (χ0n) is 12.8. The smallest absolute Gasteiger partial charge is 0.410 e. The molecule has 0 aromatic carbocycles. The monoisotopic (exact) mass is 312 g/mol. The van der Waals surface area contributed by atoms with Crippen LogP contribution in [-0.2, 0) is 4.74 Å². The van der Waals surface area contributed by atoms with Crippen LogP contribution in [0.25, 0.3) is 0 Å². The van der Waals surface area contributed by atoms with Gasteiger partial charge in [-0.25, -0.2) is 14.8 Å². The second-order valence-electron chi connectivity index (χ2n) is 6.21. The summed E-state index contributed by atoms with van der Waals surface area (Å²) in [6.45, 7) is 8.67. The van der Waals surface area contributed by atoms with E-state index >= 15 is 0 Å². The van der Waals surface area contributed by atoms with E-state index in [2.05, 4.69) is 15.3 Å². The van der Waals surface area contributed by atoms with Crippen LogP contribution in [0.4, 0.5) is 10.7 Å². The summed E-state index contributed by atoms with van der Waals surface area (Å²) in [5.41, 5.74) is 0.329. The van der Waals surface area contributed by atoms with E-state index in [9.17, 15) is 4.79 Å². The van der Waals surface area contributed by atoms with E-state index in [-0.39, 0.29) is 12.1 Å². The van der Waals surface area contributed by atoms with E-state index in [0.717, 1.165) is 12.1 Å². The van der Waals surface area contributed by atoms with Crippen LogP contribution < -0.4 is 5.32 Å². The molecule has 1 aromatic rings. The first-order valence-corrected chi connectivity index (χ1v) is 7.36. The zero-order chi connectivity index (χ0) is 15.6. The molecule has 21 heavy (non-hydrogen) atoms. The molecular weight excluding hydrogens is 292 g/mol. The SMILES string of the molecule is Cc1cc(Cl)nc(NC2CCN(C(=O)OC(C)(C)C)C2)n1. The average molecular weight is 313 g/mol. The van der Waals surface area contributed by atoms with Crippen LogP contribution in [0.2, 0.25) is 5.15 Å². The molecule has 0 aliphatic carbocycles. The number of hydrogen-bond acceptors (Lipinski definition) is 5. The topological polar surface area (TPSA) is 67.4 Å². The Balaban J connectivity index is 1.92. The summed E-state index contributed by atoms with van der Waals surface area (Å²) < 4.78 is 5.37. The van der Waals surface area contributed by atoms with Gasteiger partial charge in [0.05, 0.1) is 0 Å². The van der Waals surface area contributed by atoms with Crippen molar-refractivity contribution in [1.29, 1.82) is 0 Å². The van der Waals surface area contributed by atoms with Gasteiger partial charge < -0.3 is 15.0 Å². The van der Waals surface area contributed by atoms with Crippen LogP contribution in [0, 0.1) is 6.92 Å². The Bertz CT molecular complexity index is 510. The Morgan fingerprint density at radius 3 is 2.81 bits per heavy atom. The molecule has 2 heterocycles. The van der Waals surface area contributed by atoms with Crippen molar-refractivity contribution in [3.8, 4) is 0 Å². The van der Waals surface area contributed by atoms with Crippen molar-refractivity contribution in [2.45, 2.75) is 45.8 Å². The summed E-state index contributed by atoms with van der Waals surface area (Å²) in [7, 11) is 0. The van der Waals surface area contributed by atoms with Crippen molar-refractivity contribution in [3.05, 3.63) is 16.9 Å². The molecule has 6 nitrogen and oxygen atoms in total. The second kappa shape index (κ2) is 6.05. The summed E-state index contributed by atoms with van der Waals surface area (Å²) >= 11 is 5.91. The Hall–Kier alpha value is -1.56. The van der Waals surface area contributed by atoms with Gasteiger partial charge in [0, 0.05) is 24.8 Å². The maximum absolute atomic E-state index is 12.0. The Morgan fingerprint density at radius 1 is 1.48 bits per heavy atom. The number of halogens is 1. The number of hydrogen-bond donors (Lipinski definition) is 1. The molecule has 2 rings (SSSR count). The zero-order valence-corrected chi connectivity index (χ0v) is 13.6. The number of carbonyl (C=O) groups excluding carboxylic acids is 1. The Morgan fingerprint density at radius 2 is 2.19 bits per heavy atom. The first-order valence-electron chi connectivity index (χ1n) is 6.98. The minimum Gasteiger partial charge on any atom is -0.444 e. The van der Waals surface area contributed by atoms with E-state index in [1.54, 1.807) is 11.0 Å². The molecule has 1 atom stereocenters. The lowest BCUT2D eigenvalue weighted by molar-refractivity contribution is 0.0293. The number of likely N-dealkylation sites (tertiary alicyclic amines) is 1. The van der Waals surface area contributed by atoms with Gasteiger partial charge in [-0.05, 0) is 40.2 Å². The predicted octanol–water partition coefficient (Wildman–Crippen LogP) is 2.86. The number of aromatic nitrogens is 2. The summed E-state index contributed by atoms with van der Waals surface area (Å²) in [6, 6.07) is 1.81. The lowest BCUT2D eigenvalue weighted by atomic mass is 10.2. The minimum atomic E-state index is -0.476. The van der Waals surface area contributed by atoms with Crippen LogP contribution in [0.15, 0.2) is 6.07 Å². The van der Waals surface area contributed by atoms with E-state index in [1.807, 2.05) is 27.7 Å². The quantitative estimate of drug-likeness (QED) is 0.851. The first-order chi connectivity index (χ1) is 9.73. The molecule has 1 N–H and O–H groups in total. The minimum absolute atomic E-state index is 0.107.